The molecule has 0 aliphatic carbocycles. The van der Waals surface area contributed by atoms with Crippen LogP contribution in [0.15, 0.2) is 41.3 Å². The molecule has 0 radical (unpaired) electrons. The molecule has 1 saturated heterocycles. The number of benzene rings is 1. The summed E-state index contributed by atoms with van der Waals surface area (Å²) in [7, 11) is 5.24. The Hall–Kier alpha value is -2.97. The molecule has 2 amide bonds. The Morgan fingerprint density at radius 2 is 1.91 bits per heavy atom. The van der Waals surface area contributed by atoms with Gasteiger partial charge in [0.2, 0.25) is 5.91 Å². The van der Waals surface area contributed by atoms with Gasteiger partial charge in [-0.2, -0.15) is 0 Å². The van der Waals surface area contributed by atoms with Crippen molar-refractivity contribution >= 4 is 11.8 Å². The number of carbonyl (C=O) groups is 2. The Balaban J connectivity index is 1.70. The van der Waals surface area contributed by atoms with Crippen LogP contribution in [-0.4, -0.2) is 84.6 Å². The third-order valence-electron chi connectivity index (χ3n) is 6.28. The number of carbonyl (C=O) groups excluding carboxylic acids is 2. The second kappa shape index (κ2) is 9.26. The van der Waals surface area contributed by atoms with Gasteiger partial charge in [-0.3, -0.25) is 19.3 Å². The first-order valence-corrected chi connectivity index (χ1v) is 10.9. The van der Waals surface area contributed by atoms with Crippen LogP contribution in [0.25, 0.3) is 0 Å². The minimum absolute atomic E-state index is 0.0270. The molecule has 0 N–H and O–H groups in total. The molecule has 32 heavy (non-hydrogen) atoms. The molecule has 3 heterocycles. The lowest BCUT2D eigenvalue weighted by Crippen LogP contribution is -2.54. The molecule has 170 valence electrons. The van der Waals surface area contributed by atoms with Gasteiger partial charge in [0.25, 0.3) is 11.5 Å². The average molecular weight is 439 g/mol. The molecule has 2 aromatic rings. The molecule has 2 aliphatic rings. The predicted molar refractivity (Wildman–Crippen MR) is 121 cm³/mol. The van der Waals surface area contributed by atoms with Crippen LogP contribution in [0.3, 0.4) is 0 Å². The highest BCUT2D eigenvalue weighted by atomic mass is 16.5. The number of nitrogens with zero attached hydrogens (tertiary/aromatic N) is 4. The number of rotatable bonds is 4. The minimum atomic E-state index is -0.302. The first-order valence-electron chi connectivity index (χ1n) is 10.9. The largest absolute Gasteiger partial charge is 0.378 e. The molecule has 4 rings (SSSR count). The van der Waals surface area contributed by atoms with Crippen molar-refractivity contribution < 1.29 is 14.3 Å². The van der Waals surface area contributed by atoms with E-state index in [9.17, 15) is 14.4 Å². The van der Waals surface area contributed by atoms with E-state index in [4.69, 9.17) is 4.74 Å². The topological polar surface area (TPSA) is 75.1 Å². The maximum atomic E-state index is 13.3. The van der Waals surface area contributed by atoms with Gasteiger partial charge < -0.3 is 19.1 Å². The second-order valence-corrected chi connectivity index (χ2v) is 8.71. The monoisotopic (exact) mass is 438 g/mol. The molecule has 8 heteroatoms. The SMILES string of the molecule is CN(C)C(=O)c1c2c(cn(Cc3ccccc3)c1=O)CN(C(=O)[C@@H]1COCCN1C)CC2. The highest BCUT2D eigenvalue weighted by Gasteiger charge is 2.34. The molecule has 8 nitrogen and oxygen atoms in total. The molecule has 0 unspecified atom stereocenters. The number of amides is 2. The van der Waals surface area contributed by atoms with Crippen LogP contribution >= 0.6 is 0 Å². The first kappa shape index (κ1) is 22.2. The van der Waals surface area contributed by atoms with Gasteiger partial charge in [0, 0.05) is 39.9 Å². The lowest BCUT2D eigenvalue weighted by Gasteiger charge is -2.37. The first-order chi connectivity index (χ1) is 15.4. The predicted octanol–water partition coefficient (Wildman–Crippen LogP) is 0.814. The fourth-order valence-electron chi connectivity index (χ4n) is 4.40. The Labute approximate surface area is 188 Å². The number of hydrogen-bond acceptors (Lipinski definition) is 5. The normalized spacial score (nSPS) is 18.8. The third-order valence-corrected chi connectivity index (χ3v) is 6.28. The maximum Gasteiger partial charge on any atom is 0.264 e. The smallest absolute Gasteiger partial charge is 0.264 e. The van der Waals surface area contributed by atoms with Crippen molar-refractivity contribution in [1.29, 1.82) is 0 Å². The number of likely N-dealkylation sites (N-methyl/N-ethyl adjacent to an activating group) is 1. The van der Waals surface area contributed by atoms with E-state index in [2.05, 4.69) is 0 Å². The fourth-order valence-corrected chi connectivity index (χ4v) is 4.40. The highest BCUT2D eigenvalue weighted by molar-refractivity contribution is 5.95. The fraction of sp³-hybridized carbons (Fsp3) is 0.458. The van der Waals surface area contributed by atoms with Crippen molar-refractivity contribution in [2.75, 3.05) is 47.4 Å². The zero-order chi connectivity index (χ0) is 22.8. The minimum Gasteiger partial charge on any atom is -0.378 e. The molecule has 1 aromatic carbocycles. The van der Waals surface area contributed by atoms with Crippen LogP contribution in [-0.2, 0) is 29.0 Å². The van der Waals surface area contributed by atoms with E-state index < -0.39 is 0 Å². The zero-order valence-corrected chi connectivity index (χ0v) is 18.9. The van der Waals surface area contributed by atoms with E-state index in [0.717, 1.165) is 23.2 Å². The zero-order valence-electron chi connectivity index (χ0n) is 18.9. The van der Waals surface area contributed by atoms with Crippen molar-refractivity contribution in [2.24, 2.45) is 0 Å². The number of morpholine rings is 1. The van der Waals surface area contributed by atoms with Gasteiger partial charge in [0.1, 0.15) is 11.6 Å². The molecule has 0 spiro atoms. The van der Waals surface area contributed by atoms with Crippen LogP contribution in [0.2, 0.25) is 0 Å². The number of aromatic nitrogens is 1. The summed E-state index contributed by atoms with van der Waals surface area (Å²) < 4.78 is 7.12. The standard InChI is InChI=1S/C24H30N4O4/c1-25(2)23(30)21-19-9-10-27(22(29)20-16-32-12-11-26(20)3)14-18(19)15-28(24(21)31)13-17-7-5-4-6-8-17/h4-8,15,20H,9-14,16H2,1-3H3/t20-/m0/s1. The molecular weight excluding hydrogens is 408 g/mol. The van der Waals surface area contributed by atoms with Crippen LogP contribution in [0.1, 0.15) is 27.0 Å². The summed E-state index contributed by atoms with van der Waals surface area (Å²) in [5.41, 5.74) is 2.52. The molecule has 1 aromatic heterocycles. The molecule has 1 fully saturated rings. The molecule has 2 aliphatic heterocycles. The van der Waals surface area contributed by atoms with Crippen molar-refractivity contribution in [3.05, 3.63) is 69.1 Å². The van der Waals surface area contributed by atoms with Gasteiger partial charge in [-0.05, 0) is 30.2 Å². The van der Waals surface area contributed by atoms with Gasteiger partial charge in [0.15, 0.2) is 0 Å². The summed E-state index contributed by atoms with van der Waals surface area (Å²) >= 11 is 0. The van der Waals surface area contributed by atoms with Crippen molar-refractivity contribution in [2.45, 2.75) is 25.6 Å². The van der Waals surface area contributed by atoms with Crippen LogP contribution in [0, 0.1) is 0 Å². The van der Waals surface area contributed by atoms with Crippen LogP contribution in [0.5, 0.6) is 0 Å². The van der Waals surface area contributed by atoms with E-state index >= 15 is 0 Å². The van der Waals surface area contributed by atoms with E-state index in [1.807, 2.05) is 53.4 Å². The molecule has 0 bridgehead atoms. The van der Waals surface area contributed by atoms with Gasteiger partial charge in [-0.1, -0.05) is 30.3 Å². The van der Waals surface area contributed by atoms with Crippen LogP contribution < -0.4 is 5.56 Å². The second-order valence-electron chi connectivity index (χ2n) is 8.71. The summed E-state index contributed by atoms with van der Waals surface area (Å²) in [6.07, 6.45) is 2.30. The molecule has 0 saturated carbocycles. The Kier molecular flexibility index (Phi) is 6.43. The Bertz CT molecular complexity index is 1060. The maximum absolute atomic E-state index is 13.3. The van der Waals surface area contributed by atoms with Gasteiger partial charge in [-0.25, -0.2) is 0 Å². The van der Waals surface area contributed by atoms with E-state index in [-0.39, 0.29) is 29.0 Å². The Morgan fingerprint density at radius 3 is 2.59 bits per heavy atom. The summed E-state index contributed by atoms with van der Waals surface area (Å²) in [4.78, 5) is 44.8. The number of hydrogen-bond donors (Lipinski definition) is 0. The van der Waals surface area contributed by atoms with Crippen molar-refractivity contribution in [3.8, 4) is 0 Å². The Morgan fingerprint density at radius 1 is 1.16 bits per heavy atom. The number of fused-ring (bicyclic) bond motifs is 1. The van der Waals surface area contributed by atoms with Gasteiger partial charge >= 0.3 is 0 Å². The molecular formula is C24H30N4O4. The lowest BCUT2D eigenvalue weighted by atomic mass is 9.95. The van der Waals surface area contributed by atoms with Gasteiger partial charge in [0.05, 0.1) is 19.8 Å². The van der Waals surface area contributed by atoms with Crippen molar-refractivity contribution in [1.82, 2.24) is 19.3 Å². The third kappa shape index (κ3) is 4.33. The van der Waals surface area contributed by atoms with E-state index in [0.29, 0.717) is 39.3 Å². The summed E-state index contributed by atoms with van der Waals surface area (Å²) in [5, 5.41) is 0. The summed E-state index contributed by atoms with van der Waals surface area (Å²) in [6.45, 7) is 2.96. The summed E-state index contributed by atoms with van der Waals surface area (Å²) in [6, 6.07) is 9.38. The van der Waals surface area contributed by atoms with Crippen LogP contribution in [0.4, 0.5) is 0 Å². The van der Waals surface area contributed by atoms with E-state index in [1.165, 1.54) is 4.90 Å². The lowest BCUT2D eigenvalue weighted by molar-refractivity contribution is -0.143. The van der Waals surface area contributed by atoms with Crippen molar-refractivity contribution in [3.63, 3.8) is 0 Å². The number of pyridine rings is 1. The van der Waals surface area contributed by atoms with Gasteiger partial charge in [-0.15, -0.1) is 0 Å². The number of ether oxygens (including phenoxy) is 1. The quantitative estimate of drug-likeness (QED) is 0.707. The summed E-state index contributed by atoms with van der Waals surface area (Å²) in [5.74, 6) is -0.270. The molecule has 1 atom stereocenters. The average Bonchev–Trinajstić information content (AvgIpc) is 2.79. The highest BCUT2D eigenvalue weighted by Crippen LogP contribution is 2.23. The van der Waals surface area contributed by atoms with E-state index in [1.54, 1.807) is 18.7 Å².